The Morgan fingerprint density at radius 1 is 1.17 bits per heavy atom. The summed E-state index contributed by atoms with van der Waals surface area (Å²) in [7, 11) is 1.39. The smallest absolute Gasteiger partial charge is 0.496 e. The molecule has 3 rings (SSSR count). The second kappa shape index (κ2) is 7.94. The monoisotopic (exact) mass is 408 g/mol. The van der Waals surface area contributed by atoms with Crippen LogP contribution < -0.4 is 9.47 Å². The van der Waals surface area contributed by atoms with Crippen molar-refractivity contribution >= 4 is 11.0 Å². The van der Waals surface area contributed by atoms with Crippen LogP contribution in [0.5, 0.6) is 11.5 Å². The maximum Gasteiger partial charge on any atom is 0.573 e. The van der Waals surface area contributed by atoms with Crippen LogP contribution in [0, 0.1) is 13.8 Å². The van der Waals surface area contributed by atoms with Gasteiger partial charge in [0, 0.05) is 17.8 Å². The van der Waals surface area contributed by atoms with Gasteiger partial charge in [-0.3, -0.25) is 0 Å². The molecule has 2 heterocycles. The molecule has 8 heteroatoms. The number of rotatable bonds is 6. The minimum atomic E-state index is -4.78. The first-order chi connectivity index (χ1) is 13.7. The Hall–Kier alpha value is -2.74. The second-order valence-corrected chi connectivity index (χ2v) is 6.90. The molecule has 0 unspecified atom stereocenters. The van der Waals surface area contributed by atoms with Crippen molar-refractivity contribution in [3.05, 3.63) is 41.6 Å². The first-order valence-electron chi connectivity index (χ1n) is 9.22. The van der Waals surface area contributed by atoms with Crippen LogP contribution in [0.3, 0.4) is 0 Å². The zero-order chi connectivity index (χ0) is 21.3. The zero-order valence-corrected chi connectivity index (χ0v) is 16.7. The molecule has 29 heavy (non-hydrogen) atoms. The Kier molecular flexibility index (Phi) is 5.75. The number of nitrogens with zero attached hydrogens (tertiary/aromatic N) is 2. The van der Waals surface area contributed by atoms with Gasteiger partial charge in [0.25, 0.3) is 0 Å². The van der Waals surface area contributed by atoms with E-state index in [1.807, 2.05) is 37.6 Å². The van der Waals surface area contributed by atoms with E-state index in [2.05, 4.69) is 4.74 Å². The van der Waals surface area contributed by atoms with Crippen LogP contribution in [-0.2, 0) is 0 Å². The van der Waals surface area contributed by atoms with E-state index in [9.17, 15) is 18.3 Å². The van der Waals surface area contributed by atoms with Crippen molar-refractivity contribution in [2.75, 3.05) is 13.7 Å². The summed E-state index contributed by atoms with van der Waals surface area (Å²) < 4.78 is 48.8. The Balaban J connectivity index is 2.13. The molecule has 0 aliphatic rings. The Morgan fingerprint density at radius 2 is 1.90 bits per heavy atom. The van der Waals surface area contributed by atoms with Gasteiger partial charge in [0.1, 0.15) is 11.5 Å². The van der Waals surface area contributed by atoms with Gasteiger partial charge in [-0.1, -0.05) is 6.92 Å². The Bertz CT molecular complexity index is 1020. The van der Waals surface area contributed by atoms with Gasteiger partial charge >= 0.3 is 6.36 Å². The number of pyridine rings is 1. The topological polar surface area (TPSA) is 56.5 Å². The number of halogens is 3. The summed E-state index contributed by atoms with van der Waals surface area (Å²) in [5.41, 5.74) is 4.65. The Labute approximate surface area is 166 Å². The van der Waals surface area contributed by atoms with Gasteiger partial charge in [0.05, 0.1) is 36.5 Å². The number of fused-ring (bicyclic) bond motifs is 1. The summed E-state index contributed by atoms with van der Waals surface area (Å²) in [5.74, 6) is -0.117. The predicted octanol–water partition coefficient (Wildman–Crippen LogP) is 5.17. The largest absolute Gasteiger partial charge is 0.573 e. The molecule has 1 atom stereocenters. The number of hydrogen-bond donors (Lipinski definition) is 1. The van der Waals surface area contributed by atoms with Crippen LogP contribution in [0.15, 0.2) is 30.5 Å². The van der Waals surface area contributed by atoms with Crippen molar-refractivity contribution in [1.82, 2.24) is 9.55 Å². The third-order valence-corrected chi connectivity index (χ3v) is 4.91. The summed E-state index contributed by atoms with van der Waals surface area (Å²) in [5, 5.41) is 9.68. The maximum absolute atomic E-state index is 12.5. The van der Waals surface area contributed by atoms with Gasteiger partial charge in [-0.05, 0) is 49.6 Å². The number of hydrogen-bond acceptors (Lipinski definition) is 4. The lowest BCUT2D eigenvalue weighted by atomic mass is 10.0. The van der Waals surface area contributed by atoms with Crippen LogP contribution in [0.1, 0.15) is 30.5 Å². The van der Waals surface area contributed by atoms with E-state index in [0.717, 1.165) is 28.6 Å². The Morgan fingerprint density at radius 3 is 2.48 bits per heavy atom. The molecule has 5 nitrogen and oxygen atoms in total. The number of ether oxygens (including phenoxy) is 2. The number of aliphatic hydroxyl groups excluding tert-OH is 1. The molecule has 0 bridgehead atoms. The van der Waals surface area contributed by atoms with E-state index < -0.39 is 6.36 Å². The fourth-order valence-corrected chi connectivity index (χ4v) is 3.48. The van der Waals surface area contributed by atoms with Crippen LogP contribution in [0.2, 0.25) is 0 Å². The van der Waals surface area contributed by atoms with E-state index in [0.29, 0.717) is 11.3 Å². The molecular weight excluding hydrogens is 385 g/mol. The van der Waals surface area contributed by atoms with E-state index in [1.54, 1.807) is 0 Å². The quantitative estimate of drug-likeness (QED) is 0.611. The van der Waals surface area contributed by atoms with Gasteiger partial charge in [0.15, 0.2) is 0 Å². The molecule has 0 aliphatic carbocycles. The lowest BCUT2D eigenvalue weighted by Gasteiger charge is -2.17. The fraction of sp³-hybridized carbons (Fsp3) is 0.381. The van der Waals surface area contributed by atoms with Gasteiger partial charge < -0.3 is 19.1 Å². The molecule has 1 aromatic carbocycles. The average molecular weight is 408 g/mol. The number of aromatic nitrogens is 2. The van der Waals surface area contributed by atoms with Gasteiger partial charge in [0.2, 0.25) is 0 Å². The summed E-state index contributed by atoms with van der Waals surface area (Å²) in [6.45, 7) is 5.85. The molecule has 1 N–H and O–H groups in total. The molecule has 0 saturated heterocycles. The molecule has 156 valence electrons. The van der Waals surface area contributed by atoms with Crippen molar-refractivity contribution in [2.24, 2.45) is 0 Å². The summed E-state index contributed by atoms with van der Waals surface area (Å²) in [4.78, 5) is 4.78. The van der Waals surface area contributed by atoms with Crippen LogP contribution >= 0.6 is 0 Å². The number of methoxy groups -OCH3 is 1. The van der Waals surface area contributed by atoms with E-state index in [-0.39, 0.29) is 24.1 Å². The molecular formula is C21H23F3N2O3. The summed E-state index contributed by atoms with van der Waals surface area (Å²) in [6, 6.07) is 5.88. The highest BCUT2D eigenvalue weighted by molar-refractivity contribution is 5.85. The lowest BCUT2D eigenvalue weighted by molar-refractivity contribution is -0.274. The highest BCUT2D eigenvalue weighted by Crippen LogP contribution is 2.37. The summed E-state index contributed by atoms with van der Waals surface area (Å²) in [6.07, 6.45) is -2.04. The first-order valence-corrected chi connectivity index (χ1v) is 9.22. The molecule has 3 aromatic rings. The van der Waals surface area contributed by atoms with Crippen LogP contribution in [-0.4, -0.2) is 34.7 Å². The van der Waals surface area contributed by atoms with E-state index in [4.69, 9.17) is 9.72 Å². The number of aryl methyl sites for hydroxylation is 2. The maximum atomic E-state index is 12.5. The molecule has 0 fully saturated rings. The SMILES string of the molecule is CC[C@@H](CO)n1cc(C)c2nc(-c3ccc(OC(F)(F)F)cc3OC)c(C)cc21. The van der Waals surface area contributed by atoms with Crippen molar-refractivity contribution < 1.29 is 27.8 Å². The molecule has 0 amide bonds. The average Bonchev–Trinajstić information content (AvgIpc) is 2.96. The highest BCUT2D eigenvalue weighted by atomic mass is 19.4. The molecule has 2 aromatic heterocycles. The number of alkyl halides is 3. The molecule has 0 saturated carbocycles. The van der Waals surface area contributed by atoms with E-state index >= 15 is 0 Å². The minimum absolute atomic E-state index is 0.0228. The zero-order valence-electron chi connectivity index (χ0n) is 16.7. The number of benzene rings is 1. The van der Waals surface area contributed by atoms with Gasteiger partial charge in [-0.2, -0.15) is 0 Å². The molecule has 0 radical (unpaired) electrons. The molecule has 0 spiro atoms. The molecule has 0 aliphatic heterocycles. The summed E-state index contributed by atoms with van der Waals surface area (Å²) >= 11 is 0. The van der Waals surface area contributed by atoms with Gasteiger partial charge in [-0.15, -0.1) is 13.2 Å². The second-order valence-electron chi connectivity index (χ2n) is 6.90. The van der Waals surface area contributed by atoms with E-state index in [1.165, 1.54) is 25.3 Å². The van der Waals surface area contributed by atoms with Crippen LogP contribution in [0.4, 0.5) is 13.2 Å². The first kappa shape index (κ1) is 21.0. The third kappa shape index (κ3) is 4.17. The minimum Gasteiger partial charge on any atom is -0.496 e. The fourth-order valence-electron chi connectivity index (χ4n) is 3.48. The highest BCUT2D eigenvalue weighted by Gasteiger charge is 2.31. The lowest BCUT2D eigenvalue weighted by Crippen LogP contribution is -2.17. The number of aliphatic hydroxyl groups is 1. The van der Waals surface area contributed by atoms with Crippen molar-refractivity contribution in [2.45, 2.75) is 39.6 Å². The predicted molar refractivity (Wildman–Crippen MR) is 104 cm³/mol. The van der Waals surface area contributed by atoms with Crippen molar-refractivity contribution in [3.63, 3.8) is 0 Å². The van der Waals surface area contributed by atoms with Crippen LogP contribution in [0.25, 0.3) is 22.3 Å². The third-order valence-electron chi connectivity index (χ3n) is 4.91. The van der Waals surface area contributed by atoms with Crippen molar-refractivity contribution in [3.8, 4) is 22.8 Å². The normalized spacial score (nSPS) is 13.0. The standard InChI is InChI=1S/C21H23F3N2O3/c1-5-14(11-27)26-10-13(3)20-17(26)8-12(2)19(25-20)16-7-6-15(9-18(16)28-4)29-21(22,23)24/h6-10,14,27H,5,11H2,1-4H3/t14-/m0/s1. The van der Waals surface area contributed by atoms with Crippen molar-refractivity contribution in [1.29, 1.82) is 0 Å². The van der Waals surface area contributed by atoms with Gasteiger partial charge in [-0.25, -0.2) is 4.98 Å².